The molecular weight excluding hydrogens is 347 g/mol. The molecule has 0 aliphatic carbocycles. The summed E-state index contributed by atoms with van der Waals surface area (Å²) >= 11 is 12.6. The monoisotopic (exact) mass is 364 g/mol. The van der Waals surface area contributed by atoms with Crippen LogP contribution < -0.4 is 5.32 Å². The zero-order valence-electron chi connectivity index (χ0n) is 13.2. The first-order valence-corrected chi connectivity index (χ1v) is 8.41. The molecule has 2 N–H and O–H groups in total. The van der Waals surface area contributed by atoms with Crippen LogP contribution in [0.3, 0.4) is 0 Å². The molecule has 1 aliphatic heterocycles. The summed E-state index contributed by atoms with van der Waals surface area (Å²) in [4.78, 5) is 13.8. The smallest absolute Gasteiger partial charge is 0.250 e. The van der Waals surface area contributed by atoms with Crippen molar-refractivity contribution in [3.8, 4) is 0 Å². The van der Waals surface area contributed by atoms with Gasteiger partial charge in [-0.1, -0.05) is 41.4 Å². The lowest BCUT2D eigenvalue weighted by molar-refractivity contribution is -0.118. The normalized spacial score (nSPS) is 17.4. The van der Waals surface area contributed by atoms with Crippen LogP contribution >= 0.6 is 23.2 Å². The number of hydrogen-bond acceptors (Lipinski definition) is 3. The van der Waals surface area contributed by atoms with E-state index < -0.39 is 12.5 Å². The summed E-state index contributed by atoms with van der Waals surface area (Å²) in [5, 5.41) is 13.0. The van der Waals surface area contributed by atoms with Gasteiger partial charge in [0.15, 0.2) is 0 Å². The molecule has 1 atom stereocenters. The van der Waals surface area contributed by atoms with Crippen molar-refractivity contribution in [2.24, 2.45) is 0 Å². The third-order valence-electron chi connectivity index (χ3n) is 4.25. The molecule has 1 amide bonds. The Labute approximate surface area is 151 Å². The number of hydrogen-bond donors (Lipinski definition) is 2. The average molecular weight is 365 g/mol. The van der Waals surface area contributed by atoms with Crippen molar-refractivity contribution in [2.75, 3.05) is 25.5 Å². The van der Waals surface area contributed by atoms with Gasteiger partial charge in [0, 0.05) is 34.7 Å². The minimum Gasteiger partial charge on any atom is -0.387 e. The van der Waals surface area contributed by atoms with Crippen LogP contribution in [0.4, 0.5) is 5.69 Å². The van der Waals surface area contributed by atoms with Gasteiger partial charge >= 0.3 is 0 Å². The van der Waals surface area contributed by atoms with Crippen LogP contribution in [0.15, 0.2) is 36.4 Å². The van der Waals surface area contributed by atoms with E-state index in [4.69, 9.17) is 28.3 Å². The van der Waals surface area contributed by atoms with E-state index in [1.807, 2.05) is 37.4 Å². The largest absolute Gasteiger partial charge is 0.387 e. The molecule has 0 saturated heterocycles. The molecule has 1 heterocycles. The van der Waals surface area contributed by atoms with Crippen LogP contribution in [0.1, 0.15) is 22.6 Å². The van der Waals surface area contributed by atoms with Crippen LogP contribution in [0.25, 0.3) is 0 Å². The number of carbonyl (C=O) groups is 1. The number of nitrogens with one attached hydrogen (secondary N) is 1. The highest BCUT2D eigenvalue weighted by Crippen LogP contribution is 2.40. The lowest BCUT2D eigenvalue weighted by atomic mass is 9.84. The molecule has 2 aromatic rings. The molecular formula is C18H18Cl2N2O2. The SMILES string of the molecule is CN1Cc2c(Cl)cc(Cl)cc2[C@H](c2ccccc2NC(=O)CO)C1. The van der Waals surface area contributed by atoms with Crippen molar-refractivity contribution in [2.45, 2.75) is 12.5 Å². The fourth-order valence-electron chi connectivity index (χ4n) is 3.22. The van der Waals surface area contributed by atoms with Crippen molar-refractivity contribution >= 4 is 34.8 Å². The fourth-order valence-corrected chi connectivity index (χ4v) is 3.78. The lowest BCUT2D eigenvalue weighted by Gasteiger charge is -2.34. The highest BCUT2D eigenvalue weighted by Gasteiger charge is 2.28. The molecule has 1 aliphatic rings. The molecule has 0 aromatic heterocycles. The summed E-state index contributed by atoms with van der Waals surface area (Å²) in [6, 6.07) is 11.3. The first-order chi connectivity index (χ1) is 11.5. The maximum absolute atomic E-state index is 11.6. The molecule has 4 nitrogen and oxygen atoms in total. The molecule has 24 heavy (non-hydrogen) atoms. The summed E-state index contributed by atoms with van der Waals surface area (Å²) in [5.74, 6) is -0.402. The van der Waals surface area contributed by atoms with Crippen LogP contribution in [0.2, 0.25) is 10.0 Å². The second-order valence-electron chi connectivity index (χ2n) is 6.00. The number of para-hydroxylation sites is 1. The number of likely N-dealkylation sites (N-methyl/N-ethyl adjacent to an activating group) is 1. The van der Waals surface area contributed by atoms with Crippen molar-refractivity contribution in [3.05, 3.63) is 63.1 Å². The second-order valence-corrected chi connectivity index (χ2v) is 6.84. The number of amides is 1. The van der Waals surface area contributed by atoms with Crippen molar-refractivity contribution in [1.82, 2.24) is 4.90 Å². The van der Waals surface area contributed by atoms with Crippen LogP contribution in [0.5, 0.6) is 0 Å². The predicted molar refractivity (Wildman–Crippen MR) is 96.8 cm³/mol. The molecule has 2 aromatic carbocycles. The standard InChI is InChI=1S/C18H18Cl2N2O2/c1-22-8-14(13-6-11(19)7-16(20)15(13)9-22)12-4-2-3-5-17(12)21-18(24)10-23/h2-7,14,23H,8-10H2,1H3,(H,21,24)/t14-/m0/s1. The van der Waals surface area contributed by atoms with E-state index in [0.29, 0.717) is 15.7 Å². The van der Waals surface area contributed by atoms with E-state index in [2.05, 4.69) is 10.2 Å². The minimum absolute atomic E-state index is 0.0325. The van der Waals surface area contributed by atoms with Crippen molar-refractivity contribution < 1.29 is 9.90 Å². The van der Waals surface area contributed by atoms with Crippen molar-refractivity contribution in [3.63, 3.8) is 0 Å². The number of rotatable bonds is 3. The van der Waals surface area contributed by atoms with E-state index in [9.17, 15) is 4.79 Å². The van der Waals surface area contributed by atoms with Gasteiger partial charge in [0.05, 0.1) is 0 Å². The topological polar surface area (TPSA) is 52.6 Å². The number of benzene rings is 2. The van der Waals surface area contributed by atoms with E-state index >= 15 is 0 Å². The maximum atomic E-state index is 11.6. The summed E-state index contributed by atoms with van der Waals surface area (Å²) in [6.45, 7) is 0.996. The number of carbonyl (C=O) groups excluding carboxylic acids is 1. The van der Waals surface area contributed by atoms with Gasteiger partial charge in [-0.3, -0.25) is 4.79 Å². The fraction of sp³-hybridized carbons (Fsp3) is 0.278. The van der Waals surface area contributed by atoms with E-state index in [-0.39, 0.29) is 5.92 Å². The number of fused-ring (bicyclic) bond motifs is 1. The molecule has 6 heteroatoms. The molecule has 0 fully saturated rings. The second kappa shape index (κ2) is 7.11. The Balaban J connectivity index is 2.10. The highest BCUT2D eigenvalue weighted by atomic mass is 35.5. The average Bonchev–Trinajstić information content (AvgIpc) is 2.55. The zero-order chi connectivity index (χ0) is 17.3. The first kappa shape index (κ1) is 17.2. The van der Waals surface area contributed by atoms with Gasteiger partial charge in [-0.15, -0.1) is 0 Å². The summed E-state index contributed by atoms with van der Waals surface area (Å²) in [6.07, 6.45) is 0. The maximum Gasteiger partial charge on any atom is 0.250 e. The Morgan fingerprint density at radius 1 is 1.29 bits per heavy atom. The van der Waals surface area contributed by atoms with Gasteiger partial charge in [0.1, 0.15) is 6.61 Å². The van der Waals surface area contributed by atoms with E-state index in [1.165, 1.54) is 0 Å². The minimum atomic E-state index is -0.548. The van der Waals surface area contributed by atoms with Crippen LogP contribution in [0, 0.1) is 0 Å². The molecule has 126 valence electrons. The summed E-state index contributed by atoms with van der Waals surface area (Å²) in [7, 11) is 2.04. The van der Waals surface area contributed by atoms with Gasteiger partial charge in [-0.25, -0.2) is 0 Å². The van der Waals surface area contributed by atoms with E-state index in [1.54, 1.807) is 6.07 Å². The number of nitrogens with zero attached hydrogens (tertiary/aromatic N) is 1. The zero-order valence-corrected chi connectivity index (χ0v) is 14.7. The van der Waals surface area contributed by atoms with Crippen LogP contribution in [-0.4, -0.2) is 36.1 Å². The Morgan fingerprint density at radius 3 is 2.79 bits per heavy atom. The quantitative estimate of drug-likeness (QED) is 0.876. The number of aliphatic hydroxyl groups excluding tert-OH is 1. The lowest BCUT2D eigenvalue weighted by Crippen LogP contribution is -2.32. The van der Waals surface area contributed by atoms with E-state index in [0.717, 1.165) is 29.8 Å². The molecule has 0 bridgehead atoms. The Kier molecular flexibility index (Phi) is 5.11. The Hall–Kier alpha value is -1.59. The van der Waals surface area contributed by atoms with Gasteiger partial charge in [0.25, 0.3) is 0 Å². The number of anilines is 1. The van der Waals surface area contributed by atoms with Crippen molar-refractivity contribution in [1.29, 1.82) is 0 Å². The third-order valence-corrected chi connectivity index (χ3v) is 4.80. The third kappa shape index (κ3) is 3.42. The molecule has 0 spiro atoms. The highest BCUT2D eigenvalue weighted by molar-refractivity contribution is 6.35. The molecule has 0 unspecified atom stereocenters. The van der Waals surface area contributed by atoms with Gasteiger partial charge in [-0.05, 0) is 41.9 Å². The van der Waals surface area contributed by atoms with Gasteiger partial charge in [-0.2, -0.15) is 0 Å². The summed E-state index contributed by atoms with van der Waals surface area (Å²) in [5.41, 5.74) is 3.81. The Bertz CT molecular complexity index is 780. The number of aliphatic hydroxyl groups is 1. The molecule has 0 radical (unpaired) electrons. The first-order valence-electron chi connectivity index (χ1n) is 7.65. The number of halogens is 2. The Morgan fingerprint density at radius 2 is 2.04 bits per heavy atom. The predicted octanol–water partition coefficient (Wildman–Crippen LogP) is 3.50. The van der Waals surface area contributed by atoms with Gasteiger partial charge < -0.3 is 15.3 Å². The van der Waals surface area contributed by atoms with Crippen LogP contribution in [-0.2, 0) is 11.3 Å². The molecule has 3 rings (SSSR count). The van der Waals surface area contributed by atoms with Gasteiger partial charge in [0.2, 0.25) is 5.91 Å². The molecule has 0 saturated carbocycles. The summed E-state index contributed by atoms with van der Waals surface area (Å²) < 4.78 is 0.